The van der Waals surface area contributed by atoms with Crippen LogP contribution in [0.15, 0.2) is 18.5 Å². The van der Waals surface area contributed by atoms with Crippen LogP contribution in [0.3, 0.4) is 0 Å². The minimum absolute atomic E-state index is 0.289. The summed E-state index contributed by atoms with van der Waals surface area (Å²) in [6.07, 6.45) is 7.06. The fourth-order valence-corrected chi connectivity index (χ4v) is 3.87. The lowest BCUT2D eigenvalue weighted by Crippen LogP contribution is -2.40. The lowest BCUT2D eigenvalue weighted by atomic mass is 10.3. The molecule has 1 amide bonds. The number of rotatable bonds is 3. The molecule has 7 heteroatoms. The number of fused-ring (bicyclic) bond motifs is 1. The standard InChI is InChI=1S/C18H26N6O/c1-15-13-16-18(19-5-10-24(16)20-15)23-9-4-6-21(11-12-23)14-17(25)22-7-2-3-8-22/h5,10,13H,2-4,6-9,11-12,14H2,1H3. The summed E-state index contributed by atoms with van der Waals surface area (Å²) in [7, 11) is 0. The second kappa shape index (κ2) is 7.00. The highest BCUT2D eigenvalue weighted by molar-refractivity contribution is 5.78. The topological polar surface area (TPSA) is 57.0 Å². The largest absolute Gasteiger partial charge is 0.353 e. The summed E-state index contributed by atoms with van der Waals surface area (Å²) >= 11 is 0. The van der Waals surface area contributed by atoms with Crippen LogP contribution in [0.5, 0.6) is 0 Å². The molecule has 0 aliphatic carbocycles. The van der Waals surface area contributed by atoms with E-state index in [2.05, 4.69) is 25.9 Å². The maximum absolute atomic E-state index is 12.4. The SMILES string of the molecule is Cc1cc2c(N3CCCN(CC(=O)N4CCCC4)CC3)nccn2n1. The fourth-order valence-electron chi connectivity index (χ4n) is 3.87. The molecule has 0 spiro atoms. The summed E-state index contributed by atoms with van der Waals surface area (Å²) in [6.45, 7) is 8.15. The molecule has 2 aliphatic rings. The third-order valence-corrected chi connectivity index (χ3v) is 5.20. The number of hydrogen-bond acceptors (Lipinski definition) is 5. The van der Waals surface area contributed by atoms with Crippen LogP contribution in [0.4, 0.5) is 5.82 Å². The molecule has 2 fully saturated rings. The number of anilines is 1. The van der Waals surface area contributed by atoms with Crippen LogP contribution in [-0.4, -0.2) is 76.1 Å². The van der Waals surface area contributed by atoms with Gasteiger partial charge in [-0.05, 0) is 32.3 Å². The first-order valence-corrected chi connectivity index (χ1v) is 9.27. The molecule has 0 N–H and O–H groups in total. The summed E-state index contributed by atoms with van der Waals surface area (Å²) in [6, 6.07) is 2.09. The summed E-state index contributed by atoms with van der Waals surface area (Å²) < 4.78 is 1.90. The van der Waals surface area contributed by atoms with E-state index in [1.165, 1.54) is 0 Å². The van der Waals surface area contributed by atoms with Crippen molar-refractivity contribution >= 4 is 17.2 Å². The van der Waals surface area contributed by atoms with Crippen LogP contribution in [0.1, 0.15) is 25.0 Å². The molecule has 0 unspecified atom stereocenters. The average molecular weight is 342 g/mol. The monoisotopic (exact) mass is 342 g/mol. The molecule has 0 aromatic carbocycles. The molecule has 4 heterocycles. The van der Waals surface area contributed by atoms with Crippen LogP contribution < -0.4 is 4.90 Å². The van der Waals surface area contributed by atoms with Crippen LogP contribution in [0.2, 0.25) is 0 Å². The van der Waals surface area contributed by atoms with Gasteiger partial charge in [0.2, 0.25) is 5.91 Å². The van der Waals surface area contributed by atoms with Crippen molar-refractivity contribution in [2.45, 2.75) is 26.2 Å². The Morgan fingerprint density at radius 1 is 1.08 bits per heavy atom. The molecule has 7 nitrogen and oxygen atoms in total. The van der Waals surface area contributed by atoms with Gasteiger partial charge in [0.1, 0.15) is 5.52 Å². The van der Waals surface area contributed by atoms with Gasteiger partial charge in [0.05, 0.1) is 12.2 Å². The number of carbonyl (C=O) groups excluding carboxylic acids is 1. The van der Waals surface area contributed by atoms with Crippen molar-refractivity contribution in [3.63, 3.8) is 0 Å². The highest BCUT2D eigenvalue weighted by Crippen LogP contribution is 2.21. The van der Waals surface area contributed by atoms with Crippen molar-refractivity contribution in [1.82, 2.24) is 24.4 Å². The predicted molar refractivity (Wildman–Crippen MR) is 96.8 cm³/mol. The van der Waals surface area contributed by atoms with Crippen molar-refractivity contribution in [2.75, 3.05) is 50.7 Å². The van der Waals surface area contributed by atoms with E-state index in [0.29, 0.717) is 6.54 Å². The summed E-state index contributed by atoms with van der Waals surface area (Å²) in [5.41, 5.74) is 2.06. The number of aromatic nitrogens is 3. The molecule has 0 radical (unpaired) electrons. The smallest absolute Gasteiger partial charge is 0.236 e. The zero-order valence-corrected chi connectivity index (χ0v) is 14.9. The van der Waals surface area contributed by atoms with Crippen molar-refractivity contribution in [1.29, 1.82) is 0 Å². The van der Waals surface area contributed by atoms with Gasteiger partial charge >= 0.3 is 0 Å². The van der Waals surface area contributed by atoms with E-state index in [0.717, 1.165) is 75.6 Å². The summed E-state index contributed by atoms with van der Waals surface area (Å²) in [5, 5.41) is 4.48. The lowest BCUT2D eigenvalue weighted by molar-refractivity contribution is -0.131. The van der Waals surface area contributed by atoms with Gasteiger partial charge in [0.25, 0.3) is 0 Å². The first-order valence-electron chi connectivity index (χ1n) is 9.27. The van der Waals surface area contributed by atoms with Gasteiger partial charge in [-0.15, -0.1) is 0 Å². The highest BCUT2D eigenvalue weighted by Gasteiger charge is 2.23. The molecule has 0 atom stereocenters. The van der Waals surface area contributed by atoms with Gasteiger partial charge in [-0.1, -0.05) is 0 Å². The van der Waals surface area contributed by atoms with Gasteiger partial charge < -0.3 is 9.80 Å². The fraction of sp³-hybridized carbons (Fsp3) is 0.611. The average Bonchev–Trinajstić information content (AvgIpc) is 3.20. The molecule has 2 aromatic rings. The highest BCUT2D eigenvalue weighted by atomic mass is 16.2. The lowest BCUT2D eigenvalue weighted by Gasteiger charge is -2.24. The van der Waals surface area contributed by atoms with Crippen LogP contribution in [-0.2, 0) is 4.79 Å². The Bertz CT molecular complexity index is 751. The second-order valence-electron chi connectivity index (χ2n) is 7.07. The van der Waals surface area contributed by atoms with Gasteiger partial charge in [-0.3, -0.25) is 9.69 Å². The molecule has 0 bridgehead atoms. The van der Waals surface area contributed by atoms with E-state index in [-0.39, 0.29) is 5.91 Å². The zero-order chi connectivity index (χ0) is 17.2. The number of nitrogens with zero attached hydrogens (tertiary/aromatic N) is 6. The Hall–Kier alpha value is -2.15. The van der Waals surface area contributed by atoms with Crippen LogP contribution >= 0.6 is 0 Å². The normalized spacial score (nSPS) is 19.6. The Labute approximate surface area is 148 Å². The second-order valence-corrected chi connectivity index (χ2v) is 7.07. The third-order valence-electron chi connectivity index (χ3n) is 5.20. The first-order chi connectivity index (χ1) is 12.2. The number of amides is 1. The quantitative estimate of drug-likeness (QED) is 0.838. The molecule has 0 saturated carbocycles. The number of likely N-dealkylation sites (tertiary alicyclic amines) is 1. The van der Waals surface area contributed by atoms with E-state index in [9.17, 15) is 4.79 Å². The Kier molecular flexibility index (Phi) is 4.57. The van der Waals surface area contributed by atoms with Crippen molar-refractivity contribution in [3.8, 4) is 0 Å². The number of hydrogen-bond donors (Lipinski definition) is 0. The number of carbonyl (C=O) groups is 1. The van der Waals surface area contributed by atoms with Crippen LogP contribution in [0.25, 0.3) is 5.52 Å². The third kappa shape index (κ3) is 3.46. The van der Waals surface area contributed by atoms with Crippen molar-refractivity contribution in [2.24, 2.45) is 0 Å². The van der Waals surface area contributed by atoms with Crippen molar-refractivity contribution < 1.29 is 4.79 Å². The van der Waals surface area contributed by atoms with Gasteiger partial charge in [0.15, 0.2) is 5.82 Å². The first kappa shape index (κ1) is 16.3. The molecule has 25 heavy (non-hydrogen) atoms. The zero-order valence-electron chi connectivity index (χ0n) is 14.9. The Morgan fingerprint density at radius 3 is 2.76 bits per heavy atom. The Balaban J connectivity index is 1.43. The van der Waals surface area contributed by atoms with E-state index < -0.39 is 0 Å². The van der Waals surface area contributed by atoms with E-state index in [1.54, 1.807) is 0 Å². The molecule has 134 valence electrons. The minimum atomic E-state index is 0.289. The molecular formula is C18H26N6O. The molecule has 2 aromatic heterocycles. The van der Waals surface area contributed by atoms with Gasteiger partial charge in [-0.25, -0.2) is 9.50 Å². The van der Waals surface area contributed by atoms with E-state index in [1.807, 2.05) is 28.7 Å². The maximum Gasteiger partial charge on any atom is 0.236 e. The molecule has 4 rings (SSSR count). The summed E-state index contributed by atoms with van der Waals surface area (Å²) in [4.78, 5) is 23.6. The molecule has 2 aliphatic heterocycles. The predicted octanol–water partition coefficient (Wildman–Crippen LogP) is 1.17. The van der Waals surface area contributed by atoms with Crippen molar-refractivity contribution in [3.05, 3.63) is 24.2 Å². The van der Waals surface area contributed by atoms with Gasteiger partial charge in [-0.2, -0.15) is 5.10 Å². The van der Waals surface area contributed by atoms with Crippen LogP contribution in [0, 0.1) is 6.92 Å². The number of aryl methyl sites for hydroxylation is 1. The Morgan fingerprint density at radius 2 is 1.92 bits per heavy atom. The maximum atomic E-state index is 12.4. The van der Waals surface area contributed by atoms with E-state index in [4.69, 9.17) is 0 Å². The molecule has 2 saturated heterocycles. The molecular weight excluding hydrogens is 316 g/mol. The van der Waals surface area contributed by atoms with E-state index >= 15 is 0 Å². The van der Waals surface area contributed by atoms with Gasteiger partial charge in [0, 0.05) is 51.7 Å². The minimum Gasteiger partial charge on any atom is -0.353 e. The summed E-state index contributed by atoms with van der Waals surface area (Å²) in [5.74, 6) is 1.29.